The smallest absolute Gasteiger partial charge is 0.412 e. The fourth-order valence-electron chi connectivity index (χ4n) is 11.8. The molecule has 0 bridgehead atoms. The summed E-state index contributed by atoms with van der Waals surface area (Å²) in [6.07, 6.45) is -1.95. The minimum absolute atomic E-state index is 0. The number of aryl methyl sites for hydroxylation is 2. The van der Waals surface area contributed by atoms with Gasteiger partial charge in [0.2, 0.25) is 23.6 Å². The lowest BCUT2D eigenvalue weighted by molar-refractivity contribution is -0.145. The molecule has 26 nitrogen and oxygen atoms in total. The number of ether oxygens (including phenoxy) is 7. The van der Waals surface area contributed by atoms with Gasteiger partial charge in [0.25, 0.3) is 11.8 Å². The Hall–Kier alpha value is -9.07. The Morgan fingerprint density at radius 2 is 0.936 bits per heavy atom. The van der Waals surface area contributed by atoms with Gasteiger partial charge in [-0.25, -0.2) is 23.5 Å². The van der Waals surface area contributed by atoms with Crippen LogP contribution in [-0.4, -0.2) is 191 Å². The summed E-state index contributed by atoms with van der Waals surface area (Å²) in [4.78, 5) is 105. The molecule has 10 rings (SSSR count). The lowest BCUT2D eigenvalue weighted by atomic mass is 9.85. The van der Waals surface area contributed by atoms with Crippen molar-refractivity contribution in [3.8, 4) is 43.9 Å². The Morgan fingerprint density at radius 3 is 1.28 bits per heavy atom. The number of hydrogen-bond donors (Lipinski definition) is 8. The maximum absolute atomic E-state index is 14.6. The third kappa shape index (κ3) is 24.7. The molecular formula is C79H108F2N10O16S2. The summed E-state index contributed by atoms with van der Waals surface area (Å²) >= 11 is 3.01. The highest BCUT2D eigenvalue weighted by Crippen LogP contribution is 2.42. The summed E-state index contributed by atoms with van der Waals surface area (Å²) in [6, 6.07) is 21.2. The molecule has 7 amide bonds. The highest BCUT2D eigenvalue weighted by molar-refractivity contribution is 7.13. The Kier molecular flexibility index (Phi) is 30.4. The van der Waals surface area contributed by atoms with Crippen LogP contribution in [0, 0.1) is 24.7 Å². The van der Waals surface area contributed by atoms with Crippen LogP contribution in [0.4, 0.5) is 25.0 Å². The van der Waals surface area contributed by atoms with Crippen molar-refractivity contribution in [3.63, 3.8) is 0 Å². The van der Waals surface area contributed by atoms with Crippen LogP contribution in [0.15, 0.2) is 96.0 Å². The topological polar surface area (TPSA) is 343 Å². The number of anilines is 2. The molecule has 0 radical (unpaired) electrons. The summed E-state index contributed by atoms with van der Waals surface area (Å²) in [5.74, 6) is -1.32. The van der Waals surface area contributed by atoms with Crippen LogP contribution in [0.3, 0.4) is 0 Å². The van der Waals surface area contributed by atoms with Gasteiger partial charge in [-0.2, -0.15) is 0 Å². The van der Waals surface area contributed by atoms with Crippen LogP contribution >= 0.6 is 22.7 Å². The number of carbonyl (C=O) groups excluding carboxylic acids is 7. The van der Waals surface area contributed by atoms with Crippen molar-refractivity contribution >= 4 is 75.6 Å². The van der Waals surface area contributed by atoms with Gasteiger partial charge in [0.05, 0.1) is 70.8 Å². The predicted octanol–water partition coefficient (Wildman–Crippen LogP) is 10.6. The first-order valence-corrected chi connectivity index (χ1v) is 37.6. The molecule has 4 aromatic carbocycles. The lowest BCUT2D eigenvalue weighted by Gasteiger charge is -2.35. The summed E-state index contributed by atoms with van der Waals surface area (Å²) in [6.45, 7) is 22.0. The average Bonchev–Trinajstić information content (AvgIpc) is 1.67. The third-order valence-electron chi connectivity index (χ3n) is 18.1. The number of likely N-dealkylation sites (tertiary alicyclic amines) is 2. The maximum atomic E-state index is 14.6. The molecular weight excluding hydrogens is 1450 g/mol. The molecule has 6 atom stereocenters. The second-order valence-corrected chi connectivity index (χ2v) is 31.9. The number of carbonyl (C=O) groups is 7. The van der Waals surface area contributed by atoms with E-state index in [9.17, 15) is 52.6 Å². The standard InChI is InChI=1S/C41H54FN5O9S.C36H46FN5O7S.2CH4/c1-25-33(57-24-44-25)26-8-9-27(32(20-26)55-19-17-53-16-18-54-30-12-10-28(11-13-30)45-38(52)56-40(5,6)7)22-43-35(49)31-21-29(48)23-47(31)36(50)34(39(2,3)4)46-37(51)41(42)14-15-41;1-22-30(50-21-40-22)23-5-6-24(29(17-23)49-16-14-47-13-15-48-27-9-7-25(38)8-10-27)19-39-32(44)28-18-26(43)20-42(28)33(45)31(35(2,3)4)41-34(46)36(37)11-12-36;;/h8-13,20,24,29,31,34,48H,14-19,21-23H2,1-7H3,(H,43,49)(H,45,52)(H,46,51);5-10,17,21,26,28,31,43H,11-16,18-20,38H2,1-4H3,(H,39,44)(H,41,46);2*1H4/t29-,31+,34-;26-,28+,31-;;/m11../s1. The number of nitrogens with zero attached hydrogens (tertiary/aromatic N) is 4. The highest BCUT2D eigenvalue weighted by Gasteiger charge is 2.55. The number of amides is 7. The molecule has 109 heavy (non-hydrogen) atoms. The molecule has 2 aliphatic carbocycles. The van der Waals surface area contributed by atoms with Crippen LogP contribution in [-0.2, 0) is 56.1 Å². The molecule has 0 unspecified atom stereocenters. The first-order chi connectivity index (χ1) is 50.6. The number of aliphatic hydroxyl groups is 2. The number of nitrogens with one attached hydrogen (secondary N) is 5. The van der Waals surface area contributed by atoms with Gasteiger partial charge < -0.3 is 80.2 Å². The van der Waals surface area contributed by atoms with E-state index in [1.54, 1.807) is 122 Å². The minimum Gasteiger partial charge on any atom is -0.491 e. The van der Waals surface area contributed by atoms with Gasteiger partial charge in [-0.15, -0.1) is 22.7 Å². The maximum Gasteiger partial charge on any atom is 0.412 e. The molecule has 2 saturated heterocycles. The number of thiazole rings is 2. The second-order valence-electron chi connectivity index (χ2n) is 30.2. The van der Waals surface area contributed by atoms with E-state index in [1.807, 2.05) is 50.2 Å². The van der Waals surface area contributed by atoms with Gasteiger partial charge in [-0.05, 0) is 143 Å². The van der Waals surface area contributed by atoms with E-state index in [1.165, 1.54) is 32.5 Å². The Balaban J connectivity index is 0.000000300. The van der Waals surface area contributed by atoms with E-state index in [0.29, 0.717) is 71.9 Å². The van der Waals surface area contributed by atoms with E-state index in [4.69, 9.17) is 38.9 Å². The Bertz CT molecular complexity index is 4060. The number of aromatic nitrogens is 2. The van der Waals surface area contributed by atoms with Gasteiger partial charge in [0, 0.05) is 61.5 Å². The van der Waals surface area contributed by atoms with E-state index in [2.05, 4.69) is 36.6 Å². The summed E-state index contributed by atoms with van der Waals surface area (Å²) < 4.78 is 69.5. The van der Waals surface area contributed by atoms with E-state index in [-0.39, 0.29) is 106 Å². The molecule has 4 heterocycles. The average molecular weight is 1560 g/mol. The van der Waals surface area contributed by atoms with E-state index in [0.717, 1.165) is 32.3 Å². The number of β-amino-alcohol motifs (C(OH)–C–C–N with tert-alkyl or cyclic N) is 2. The predicted molar refractivity (Wildman–Crippen MR) is 414 cm³/mol. The zero-order chi connectivity index (χ0) is 77.6. The zero-order valence-corrected chi connectivity index (χ0v) is 64.1. The summed E-state index contributed by atoms with van der Waals surface area (Å²) in [7, 11) is 0. The van der Waals surface area contributed by atoms with Gasteiger partial charge >= 0.3 is 6.09 Å². The van der Waals surface area contributed by atoms with Crippen molar-refractivity contribution in [1.29, 1.82) is 0 Å². The summed E-state index contributed by atoms with van der Waals surface area (Å²) in [5.41, 5.74) is 9.34. The van der Waals surface area contributed by atoms with Crippen molar-refractivity contribution in [2.75, 3.05) is 77.0 Å². The lowest BCUT2D eigenvalue weighted by Crippen LogP contribution is -2.59. The van der Waals surface area contributed by atoms with Crippen LogP contribution in [0.25, 0.3) is 20.9 Å². The molecule has 4 aliphatic rings. The van der Waals surface area contributed by atoms with Crippen molar-refractivity contribution in [3.05, 3.63) is 118 Å². The Labute approximate surface area is 645 Å². The van der Waals surface area contributed by atoms with Gasteiger partial charge in [0.15, 0.2) is 11.3 Å². The van der Waals surface area contributed by atoms with Crippen LogP contribution < -0.4 is 51.3 Å². The van der Waals surface area contributed by atoms with Gasteiger partial charge in [-0.3, -0.25) is 34.1 Å². The zero-order valence-electron chi connectivity index (χ0n) is 62.5. The number of nitrogen functional groups attached to an aromatic ring is 1. The van der Waals surface area contributed by atoms with E-state index < -0.39 is 106 Å². The molecule has 9 N–H and O–H groups in total. The van der Waals surface area contributed by atoms with Crippen molar-refractivity contribution in [2.45, 2.75) is 196 Å². The number of benzene rings is 4. The van der Waals surface area contributed by atoms with Crippen LogP contribution in [0.1, 0.15) is 138 Å². The fraction of sp³-hybridized carbons (Fsp3) is 0.532. The molecule has 596 valence electrons. The van der Waals surface area contributed by atoms with Gasteiger partial charge in [0.1, 0.15) is 79.2 Å². The van der Waals surface area contributed by atoms with Gasteiger partial charge in [-0.1, -0.05) is 80.7 Å². The number of nitrogens with two attached hydrogens (primary N) is 1. The van der Waals surface area contributed by atoms with Crippen LogP contribution in [0.5, 0.6) is 23.0 Å². The number of halogens is 2. The molecule has 0 spiro atoms. The quantitative estimate of drug-likeness (QED) is 0.0148. The molecule has 4 fully saturated rings. The van der Waals surface area contributed by atoms with Crippen molar-refractivity contribution in [2.24, 2.45) is 10.8 Å². The first-order valence-electron chi connectivity index (χ1n) is 35.8. The van der Waals surface area contributed by atoms with Crippen LogP contribution in [0.2, 0.25) is 0 Å². The van der Waals surface area contributed by atoms with Crippen molar-refractivity contribution < 1.29 is 85.7 Å². The number of alkyl halides is 2. The largest absolute Gasteiger partial charge is 0.491 e. The second kappa shape index (κ2) is 38.0. The third-order valence-corrected chi connectivity index (χ3v) is 20.1. The number of rotatable bonds is 31. The number of aliphatic hydroxyl groups excluding tert-OH is 2. The number of hydrogen-bond acceptors (Lipinski definition) is 21. The first kappa shape index (κ1) is 87.2. The monoisotopic (exact) mass is 1550 g/mol. The molecule has 2 saturated carbocycles. The molecule has 2 aromatic heterocycles. The molecule has 30 heteroatoms. The highest BCUT2D eigenvalue weighted by atomic mass is 32.1. The van der Waals surface area contributed by atoms with E-state index >= 15 is 0 Å². The molecule has 6 aromatic rings. The van der Waals surface area contributed by atoms with Crippen molar-refractivity contribution in [1.82, 2.24) is 41.0 Å². The summed E-state index contributed by atoms with van der Waals surface area (Å²) in [5, 5.41) is 34.7. The molecule has 2 aliphatic heterocycles. The minimum atomic E-state index is -1.97. The normalized spacial score (nSPS) is 18.0. The Morgan fingerprint density at radius 1 is 0.560 bits per heavy atom. The fourth-order valence-corrected chi connectivity index (χ4v) is 13.4. The SMILES string of the molecule is C.C.Cc1ncsc1-c1ccc(CNC(=O)[C@@H]2C[C@@H](O)CN2C(=O)[C@@H](NC(=O)C2(F)CC2)C(C)(C)C)c(OCCOCCOc2ccc(N)cc2)c1.Cc1ncsc1-c1ccc(CNC(=O)[C@@H]2C[C@@H](O)CN2C(=O)[C@@H](NC(=O)C2(F)CC2)C(C)(C)C)c(OCCOCCOc2ccc(NC(=O)OC(C)(C)C)cc2)c1.